The second-order valence-corrected chi connectivity index (χ2v) is 3.76. The van der Waals surface area contributed by atoms with Gasteiger partial charge in [0.05, 0.1) is 10.8 Å². The Hall–Kier alpha value is -1.22. The van der Waals surface area contributed by atoms with Crippen LogP contribution < -0.4 is 0 Å². The summed E-state index contributed by atoms with van der Waals surface area (Å²) in [6.07, 6.45) is 0.913. The molecule has 0 saturated carbocycles. The van der Waals surface area contributed by atoms with Gasteiger partial charge in [-0.15, -0.1) is 11.8 Å². The van der Waals surface area contributed by atoms with E-state index < -0.39 is 0 Å². The maximum Gasteiger partial charge on any atom is 0.130 e. The first-order chi connectivity index (χ1) is 6.40. The number of carbonyl (C=O) groups excluding carboxylic acids is 1. The van der Waals surface area contributed by atoms with E-state index in [0.29, 0.717) is 5.75 Å². The number of hydrogen-bond donors (Lipinski definition) is 1. The van der Waals surface area contributed by atoms with Crippen LogP contribution in [0.25, 0.3) is 10.9 Å². The van der Waals surface area contributed by atoms with Crippen LogP contribution in [-0.2, 0) is 4.79 Å². The van der Waals surface area contributed by atoms with Crippen LogP contribution in [0.5, 0.6) is 0 Å². The Morgan fingerprint density at radius 1 is 1.38 bits per heavy atom. The fourth-order valence-corrected chi connectivity index (χ4v) is 1.89. The van der Waals surface area contributed by atoms with E-state index in [1.807, 2.05) is 18.2 Å². The highest BCUT2D eigenvalue weighted by Crippen LogP contribution is 2.22. The predicted octanol–water partition coefficient (Wildman–Crippen LogP) is 2.46. The third-order valence-electron chi connectivity index (χ3n) is 1.81. The van der Waals surface area contributed by atoms with Gasteiger partial charge in [0.2, 0.25) is 0 Å². The molecule has 66 valence electrons. The van der Waals surface area contributed by atoms with E-state index in [2.05, 4.69) is 17.1 Å². The Bertz CT molecular complexity index is 389. The van der Waals surface area contributed by atoms with Crippen molar-refractivity contribution in [1.29, 1.82) is 0 Å². The van der Waals surface area contributed by atoms with Gasteiger partial charge in [-0.05, 0) is 12.1 Å². The molecule has 0 spiro atoms. The van der Waals surface area contributed by atoms with Crippen molar-refractivity contribution in [3.8, 4) is 0 Å². The fourth-order valence-electron chi connectivity index (χ4n) is 1.25. The molecule has 2 rings (SSSR count). The molecule has 0 aliphatic carbocycles. The molecule has 0 aliphatic rings. The van der Waals surface area contributed by atoms with Crippen molar-refractivity contribution < 1.29 is 4.79 Å². The lowest BCUT2D eigenvalue weighted by Gasteiger charge is -1.88. The maximum absolute atomic E-state index is 10.2. The van der Waals surface area contributed by atoms with Gasteiger partial charge < -0.3 is 9.78 Å². The van der Waals surface area contributed by atoms with Crippen LogP contribution in [0.4, 0.5) is 0 Å². The highest BCUT2D eigenvalue weighted by Gasteiger charge is 1.98. The maximum atomic E-state index is 10.2. The Morgan fingerprint density at radius 3 is 3.00 bits per heavy atom. The molecule has 0 saturated heterocycles. The summed E-state index contributed by atoms with van der Waals surface area (Å²) in [4.78, 5) is 13.4. The van der Waals surface area contributed by atoms with Gasteiger partial charge in [0.25, 0.3) is 0 Å². The average Bonchev–Trinajstić information content (AvgIpc) is 2.57. The average molecular weight is 191 g/mol. The Balaban J connectivity index is 2.32. The van der Waals surface area contributed by atoms with Crippen LogP contribution in [0.1, 0.15) is 0 Å². The number of hydrogen-bond acceptors (Lipinski definition) is 2. The van der Waals surface area contributed by atoms with E-state index in [4.69, 9.17) is 0 Å². The standard InChI is InChI=1S/C10H9NOS/c12-5-6-13-10-7-8-3-1-2-4-9(8)11-10/h1-5,7,11H,6H2. The fraction of sp³-hybridized carbons (Fsp3) is 0.100. The number of aromatic nitrogens is 1. The number of aromatic amines is 1. The lowest BCUT2D eigenvalue weighted by atomic mass is 10.3. The van der Waals surface area contributed by atoms with Crippen molar-refractivity contribution in [1.82, 2.24) is 4.98 Å². The van der Waals surface area contributed by atoms with E-state index in [0.717, 1.165) is 16.8 Å². The summed E-state index contributed by atoms with van der Waals surface area (Å²) in [5.74, 6) is 0.507. The molecule has 1 heterocycles. The molecular formula is C10H9NOS. The predicted molar refractivity (Wildman–Crippen MR) is 55.1 cm³/mol. The van der Waals surface area contributed by atoms with Crippen LogP contribution in [-0.4, -0.2) is 17.0 Å². The molecule has 0 fully saturated rings. The lowest BCUT2D eigenvalue weighted by molar-refractivity contribution is -0.105. The van der Waals surface area contributed by atoms with Gasteiger partial charge in [0.15, 0.2) is 0 Å². The molecule has 1 aromatic carbocycles. The number of aldehydes is 1. The van der Waals surface area contributed by atoms with Crippen LogP contribution in [0.15, 0.2) is 35.4 Å². The number of fused-ring (bicyclic) bond motifs is 1. The summed E-state index contributed by atoms with van der Waals surface area (Å²) in [5, 5.41) is 2.24. The number of thioether (sulfide) groups is 1. The molecule has 0 aliphatic heterocycles. The monoisotopic (exact) mass is 191 g/mol. The zero-order valence-electron chi connectivity index (χ0n) is 6.99. The van der Waals surface area contributed by atoms with Crippen LogP contribution in [0.2, 0.25) is 0 Å². The molecule has 2 aromatic rings. The minimum atomic E-state index is 0.507. The number of benzene rings is 1. The first kappa shape index (κ1) is 8.38. The van der Waals surface area contributed by atoms with Gasteiger partial charge in [-0.3, -0.25) is 0 Å². The van der Waals surface area contributed by atoms with E-state index in [1.54, 1.807) is 0 Å². The second-order valence-electron chi connectivity index (χ2n) is 2.70. The summed E-state index contributed by atoms with van der Waals surface area (Å²) >= 11 is 1.52. The minimum absolute atomic E-state index is 0.507. The number of nitrogens with one attached hydrogen (secondary N) is 1. The lowest BCUT2D eigenvalue weighted by Crippen LogP contribution is -1.77. The molecule has 1 N–H and O–H groups in total. The van der Waals surface area contributed by atoms with Gasteiger partial charge >= 0.3 is 0 Å². The Labute approximate surface area is 80.3 Å². The van der Waals surface area contributed by atoms with Crippen LogP contribution in [0, 0.1) is 0 Å². The second kappa shape index (κ2) is 3.66. The van der Waals surface area contributed by atoms with Crippen LogP contribution in [0.3, 0.4) is 0 Å². The molecule has 1 aromatic heterocycles. The molecule has 2 nitrogen and oxygen atoms in total. The quantitative estimate of drug-likeness (QED) is 0.597. The largest absolute Gasteiger partial charge is 0.350 e. The van der Waals surface area contributed by atoms with Crippen molar-refractivity contribution in [2.45, 2.75) is 5.03 Å². The number of H-pyrrole nitrogens is 1. The number of carbonyl (C=O) groups is 1. The van der Waals surface area contributed by atoms with Gasteiger partial charge in [-0.25, -0.2) is 0 Å². The van der Waals surface area contributed by atoms with Crippen molar-refractivity contribution >= 4 is 29.0 Å². The summed E-state index contributed by atoms with van der Waals surface area (Å²) < 4.78 is 0. The molecule has 0 radical (unpaired) electrons. The zero-order valence-corrected chi connectivity index (χ0v) is 7.80. The Kier molecular flexibility index (Phi) is 2.36. The van der Waals surface area contributed by atoms with E-state index in [1.165, 1.54) is 17.1 Å². The van der Waals surface area contributed by atoms with Crippen molar-refractivity contribution in [2.24, 2.45) is 0 Å². The molecule has 0 amide bonds. The molecule has 3 heteroatoms. The van der Waals surface area contributed by atoms with Gasteiger partial charge in [0.1, 0.15) is 6.29 Å². The first-order valence-corrected chi connectivity index (χ1v) is 5.03. The number of para-hydroxylation sites is 1. The number of rotatable bonds is 3. The summed E-state index contributed by atoms with van der Waals surface area (Å²) in [6, 6.07) is 10.1. The molecule has 0 bridgehead atoms. The third kappa shape index (κ3) is 1.75. The topological polar surface area (TPSA) is 32.9 Å². The Morgan fingerprint density at radius 2 is 2.23 bits per heavy atom. The highest BCUT2D eigenvalue weighted by atomic mass is 32.2. The normalized spacial score (nSPS) is 10.5. The van der Waals surface area contributed by atoms with E-state index in [-0.39, 0.29) is 0 Å². The SMILES string of the molecule is O=CCSc1cc2ccccc2[nH]1. The van der Waals surface area contributed by atoms with Crippen LogP contribution >= 0.6 is 11.8 Å². The molecule has 13 heavy (non-hydrogen) atoms. The van der Waals surface area contributed by atoms with Crippen molar-refractivity contribution in [2.75, 3.05) is 5.75 Å². The molecular weight excluding hydrogens is 182 g/mol. The summed E-state index contributed by atoms with van der Waals surface area (Å²) in [7, 11) is 0. The molecule has 0 unspecified atom stereocenters. The summed E-state index contributed by atoms with van der Waals surface area (Å²) in [6.45, 7) is 0. The van der Waals surface area contributed by atoms with Gasteiger partial charge in [0, 0.05) is 10.9 Å². The summed E-state index contributed by atoms with van der Waals surface area (Å²) in [5.41, 5.74) is 1.12. The molecule has 0 atom stereocenters. The smallest absolute Gasteiger partial charge is 0.130 e. The van der Waals surface area contributed by atoms with E-state index >= 15 is 0 Å². The van der Waals surface area contributed by atoms with Gasteiger partial charge in [-0.2, -0.15) is 0 Å². The van der Waals surface area contributed by atoms with Gasteiger partial charge in [-0.1, -0.05) is 18.2 Å². The zero-order chi connectivity index (χ0) is 9.10. The highest BCUT2D eigenvalue weighted by molar-refractivity contribution is 7.99. The minimum Gasteiger partial charge on any atom is -0.350 e. The third-order valence-corrected chi connectivity index (χ3v) is 2.65. The van der Waals surface area contributed by atoms with Crippen molar-refractivity contribution in [3.05, 3.63) is 30.3 Å². The van der Waals surface area contributed by atoms with Crippen molar-refractivity contribution in [3.63, 3.8) is 0 Å². The van der Waals surface area contributed by atoms with E-state index in [9.17, 15) is 4.79 Å². The first-order valence-electron chi connectivity index (χ1n) is 4.04.